The summed E-state index contributed by atoms with van der Waals surface area (Å²) in [6, 6.07) is 0. The number of hydrogen-bond donors (Lipinski definition) is 0. The zero-order chi connectivity index (χ0) is 11.2. The predicted molar refractivity (Wildman–Crippen MR) is 64.8 cm³/mol. The minimum absolute atomic E-state index is 0.889. The van der Waals surface area contributed by atoms with E-state index >= 15 is 0 Å². The van der Waals surface area contributed by atoms with Crippen molar-refractivity contribution in [2.75, 3.05) is 39.3 Å². The average Bonchev–Trinajstić information content (AvgIpc) is 2.19. The Morgan fingerprint density at radius 3 is 1.00 bits per heavy atom. The van der Waals surface area contributed by atoms with E-state index in [0.717, 1.165) is 58.5 Å². The molecule has 1 heterocycles. The van der Waals surface area contributed by atoms with E-state index in [-0.39, 0.29) is 0 Å². The molecule has 91 valence electrons. The molecule has 0 bridgehead atoms. The summed E-state index contributed by atoms with van der Waals surface area (Å²) in [5.74, 6) is 0. The molecule has 0 aromatic carbocycles. The number of halogens is 2. The van der Waals surface area contributed by atoms with E-state index in [1.54, 1.807) is 0 Å². The zero-order valence-electron chi connectivity index (χ0n) is 8.91. The van der Waals surface area contributed by atoms with Gasteiger partial charge in [-0.2, -0.15) is 39.3 Å². The van der Waals surface area contributed by atoms with Crippen molar-refractivity contribution >= 4 is 18.4 Å². The first kappa shape index (κ1) is 16.2. The Hall–Kier alpha value is 1.20. The van der Waals surface area contributed by atoms with Crippen LogP contribution in [0, 0.1) is 0 Å². The van der Waals surface area contributed by atoms with Crippen LogP contribution in [-0.2, 0) is 17.6 Å². The van der Waals surface area contributed by atoms with Crippen molar-refractivity contribution < 1.29 is 17.6 Å². The Kier molecular flexibility index (Phi) is 16.4. The van der Waals surface area contributed by atoms with Gasteiger partial charge >= 0.3 is 36.0 Å². The third-order valence-corrected chi connectivity index (χ3v) is 1.90. The molecule has 0 aromatic rings. The maximum atomic E-state index is 4.94. The molecule has 1 aliphatic rings. The third kappa shape index (κ3) is 15.2. The summed E-state index contributed by atoms with van der Waals surface area (Å²) in [5.41, 5.74) is 0. The molecule has 0 N–H and O–H groups in total. The van der Waals surface area contributed by atoms with Gasteiger partial charge in [0.25, 0.3) is 0 Å². The fourth-order valence-electron chi connectivity index (χ4n) is 1.22. The Morgan fingerprint density at radius 2 is 0.800 bits per heavy atom. The van der Waals surface area contributed by atoms with Gasteiger partial charge in [-0.25, -0.2) is 0 Å². The van der Waals surface area contributed by atoms with E-state index < -0.39 is 17.6 Å². The van der Waals surface area contributed by atoms with Gasteiger partial charge in [-0.1, -0.05) is 19.3 Å². The predicted octanol–water partition coefficient (Wildman–Crippen LogP) is 3.67. The summed E-state index contributed by atoms with van der Waals surface area (Å²) in [4.78, 5) is 0. The van der Waals surface area contributed by atoms with E-state index in [1.165, 1.54) is 0 Å². The molecule has 0 amide bonds. The van der Waals surface area contributed by atoms with Gasteiger partial charge in [-0.3, -0.25) is 0 Å². The van der Waals surface area contributed by atoms with Crippen LogP contribution in [-0.4, -0.2) is 39.3 Å². The van der Waals surface area contributed by atoms with Crippen molar-refractivity contribution in [2.24, 2.45) is 0 Å². The molecule has 1 saturated heterocycles. The first-order valence-electron chi connectivity index (χ1n) is 5.24. The zero-order valence-corrected chi connectivity index (χ0v) is 13.6. The molecule has 1 aliphatic heterocycles. The van der Waals surface area contributed by atoms with Gasteiger partial charge in [0.2, 0.25) is 0 Å². The van der Waals surface area contributed by atoms with E-state index in [9.17, 15) is 0 Å². The summed E-state index contributed by atoms with van der Waals surface area (Å²) in [6.07, 6.45) is 3.41. The van der Waals surface area contributed by atoms with Crippen LogP contribution in [0.5, 0.6) is 0 Å². The molecule has 0 aromatic heterocycles. The Labute approximate surface area is 110 Å². The van der Waals surface area contributed by atoms with Gasteiger partial charge < -0.3 is 16.0 Å². The Morgan fingerprint density at radius 1 is 0.600 bits per heavy atom. The molecule has 0 aliphatic carbocycles. The summed E-state index contributed by atoms with van der Waals surface area (Å²) < 4.78 is 0. The Balaban J connectivity index is 0.000000583. The van der Waals surface area contributed by atoms with Crippen LogP contribution in [0.4, 0.5) is 0 Å². The molecular formula is C9H18Cl2N3Ta-3. The molecule has 0 atom stereocenters. The number of nitrogens with zero attached hydrogens (tertiary/aromatic N) is 3. The summed E-state index contributed by atoms with van der Waals surface area (Å²) in [5, 5.41) is 13.2. The van der Waals surface area contributed by atoms with Crippen molar-refractivity contribution in [3.05, 3.63) is 16.0 Å². The summed E-state index contributed by atoms with van der Waals surface area (Å²) in [7, 11) is 9.89. The van der Waals surface area contributed by atoms with Crippen molar-refractivity contribution in [1.82, 2.24) is 0 Å². The summed E-state index contributed by atoms with van der Waals surface area (Å²) >= 11 is -0.889. The first-order valence-corrected chi connectivity index (χ1v) is 13.2. The van der Waals surface area contributed by atoms with Crippen LogP contribution >= 0.6 is 18.4 Å². The average molecular weight is 420 g/mol. The molecule has 6 heteroatoms. The number of rotatable bonds is 0. The van der Waals surface area contributed by atoms with Gasteiger partial charge in [-0.15, -0.1) is 0 Å². The first-order chi connectivity index (χ1) is 7.41. The standard InChI is InChI=1S/C9H18N3.2ClH.Ta/c1-4-10-6-2-8-12-9-3-7-11-5-1;;;/h1-9H2;2*1H;/q-3;;;+2/p-2. The van der Waals surface area contributed by atoms with Crippen molar-refractivity contribution in [3.63, 3.8) is 0 Å². The summed E-state index contributed by atoms with van der Waals surface area (Å²) in [6.45, 7) is 5.94. The quantitative estimate of drug-likeness (QED) is 0.575. The second-order valence-corrected chi connectivity index (χ2v) is 7.78. The van der Waals surface area contributed by atoms with Gasteiger partial charge in [0.1, 0.15) is 0 Å². The second-order valence-electron chi connectivity index (χ2n) is 3.14. The topological polar surface area (TPSA) is 42.3 Å². The van der Waals surface area contributed by atoms with E-state index in [0.29, 0.717) is 0 Å². The van der Waals surface area contributed by atoms with E-state index in [1.807, 2.05) is 0 Å². The Bertz CT molecular complexity index is 76.5. The third-order valence-electron chi connectivity index (χ3n) is 1.90. The SMILES string of the molecule is C1C[N-]CCC[N-]CCC[N-]C1.[Cl][Ta][Cl]. The fraction of sp³-hybridized carbons (Fsp3) is 1.00. The van der Waals surface area contributed by atoms with Gasteiger partial charge in [0.05, 0.1) is 0 Å². The van der Waals surface area contributed by atoms with E-state index in [4.69, 9.17) is 18.4 Å². The van der Waals surface area contributed by atoms with Gasteiger partial charge in [-0.05, 0) is 0 Å². The second kappa shape index (κ2) is 15.2. The van der Waals surface area contributed by atoms with Crippen LogP contribution in [0.1, 0.15) is 19.3 Å². The molecule has 0 unspecified atom stereocenters. The van der Waals surface area contributed by atoms with Crippen molar-refractivity contribution in [3.8, 4) is 0 Å². The fourth-order valence-corrected chi connectivity index (χ4v) is 1.22. The van der Waals surface area contributed by atoms with Crippen LogP contribution in [0.3, 0.4) is 0 Å². The van der Waals surface area contributed by atoms with Crippen LogP contribution in [0.15, 0.2) is 0 Å². The molecule has 15 heavy (non-hydrogen) atoms. The van der Waals surface area contributed by atoms with Crippen molar-refractivity contribution in [1.29, 1.82) is 0 Å². The molecule has 0 radical (unpaired) electrons. The molecule has 0 saturated carbocycles. The number of hydrogen-bond acceptors (Lipinski definition) is 0. The monoisotopic (exact) mass is 419 g/mol. The van der Waals surface area contributed by atoms with Crippen LogP contribution in [0.2, 0.25) is 0 Å². The molecule has 1 fully saturated rings. The maximum absolute atomic E-state index is 4.94. The molecule has 1 rings (SSSR count). The van der Waals surface area contributed by atoms with Gasteiger partial charge in [0, 0.05) is 0 Å². The van der Waals surface area contributed by atoms with Crippen LogP contribution < -0.4 is 0 Å². The van der Waals surface area contributed by atoms with Crippen molar-refractivity contribution in [2.45, 2.75) is 19.3 Å². The molecular weight excluding hydrogens is 402 g/mol. The molecule has 0 spiro atoms. The normalized spacial score (nSPS) is 20.1. The van der Waals surface area contributed by atoms with E-state index in [2.05, 4.69) is 16.0 Å². The minimum atomic E-state index is -0.889. The molecule has 3 nitrogen and oxygen atoms in total. The van der Waals surface area contributed by atoms with Crippen LogP contribution in [0.25, 0.3) is 16.0 Å². The van der Waals surface area contributed by atoms with Gasteiger partial charge in [0.15, 0.2) is 0 Å².